The van der Waals surface area contributed by atoms with Crippen LogP contribution < -0.4 is 10.4 Å². The Labute approximate surface area is 178 Å². The molecule has 0 bridgehead atoms. The molecule has 6 atom stereocenters. The predicted molar refractivity (Wildman–Crippen MR) is 108 cm³/mol. The number of carbonyl (C=O) groups excluding carboxylic acids is 1. The first-order valence-electron chi connectivity index (χ1n) is 9.68. The maximum Gasteiger partial charge on any atom is 0.323 e. The van der Waals surface area contributed by atoms with Crippen molar-refractivity contribution in [3.05, 3.63) is 12.7 Å². The van der Waals surface area contributed by atoms with Gasteiger partial charge in [-0.3, -0.25) is 13.9 Å². The molecule has 31 heavy (non-hydrogen) atoms. The molecule has 0 saturated carbocycles. The van der Waals surface area contributed by atoms with Crippen LogP contribution in [0.4, 0.5) is 10.2 Å². The molecule has 3 N–H and O–H groups in total. The monoisotopic (exact) mass is 460 g/mol. The van der Waals surface area contributed by atoms with E-state index in [0.29, 0.717) is 17.0 Å². The maximum atomic E-state index is 15.4. The van der Waals surface area contributed by atoms with Crippen LogP contribution in [0, 0.1) is 0 Å². The quantitative estimate of drug-likeness (QED) is 0.360. The van der Waals surface area contributed by atoms with Crippen LogP contribution in [-0.4, -0.2) is 74.8 Å². The van der Waals surface area contributed by atoms with Crippen molar-refractivity contribution in [2.24, 2.45) is 0 Å². The number of halogens is 1. The average Bonchev–Trinajstić information content (AvgIpc) is 3.25. The van der Waals surface area contributed by atoms with E-state index >= 15 is 4.39 Å². The first-order valence-corrected chi connectivity index (χ1v) is 11.0. The van der Waals surface area contributed by atoms with Gasteiger partial charge in [-0.25, -0.2) is 24.4 Å². The Balaban J connectivity index is 1.69. The summed E-state index contributed by atoms with van der Waals surface area (Å²) in [6.07, 6.45) is -1.29. The van der Waals surface area contributed by atoms with Crippen molar-refractivity contribution in [2.75, 3.05) is 25.6 Å². The minimum absolute atomic E-state index is 0.189. The third kappa shape index (κ3) is 4.70. The number of fused-ring (bicyclic) bond motifs is 1. The zero-order chi connectivity index (χ0) is 22.8. The van der Waals surface area contributed by atoms with Crippen molar-refractivity contribution < 1.29 is 32.9 Å². The van der Waals surface area contributed by atoms with Crippen molar-refractivity contribution in [3.8, 4) is 0 Å². The number of carbonyl (C=O) groups is 1. The molecule has 2 aromatic rings. The average molecular weight is 460 g/mol. The molecule has 1 saturated heterocycles. The largest absolute Gasteiger partial charge is 0.465 e. The van der Waals surface area contributed by atoms with Gasteiger partial charge in [-0.1, -0.05) is 0 Å². The summed E-state index contributed by atoms with van der Waals surface area (Å²) in [5.74, 6) is -0.115. The molecule has 1 aliphatic heterocycles. The van der Waals surface area contributed by atoms with E-state index in [2.05, 4.69) is 25.4 Å². The number of ether oxygens (including phenoxy) is 2. The molecule has 14 heteroatoms. The number of imidazole rings is 1. The first-order chi connectivity index (χ1) is 14.7. The summed E-state index contributed by atoms with van der Waals surface area (Å²) in [5, 5.41) is 15.8. The van der Waals surface area contributed by atoms with Gasteiger partial charge in [0.05, 0.1) is 19.5 Å². The molecule has 0 spiro atoms. The van der Waals surface area contributed by atoms with Crippen LogP contribution in [0.5, 0.6) is 0 Å². The van der Waals surface area contributed by atoms with E-state index in [9.17, 15) is 14.5 Å². The second-order valence-corrected chi connectivity index (χ2v) is 8.29. The van der Waals surface area contributed by atoms with Gasteiger partial charge in [0.2, 0.25) is 0 Å². The van der Waals surface area contributed by atoms with Gasteiger partial charge >= 0.3 is 5.97 Å². The standard InChI is InChI=1S/C17H26FN6O6P/c1-5-28-15(26)9(2)23-31(27)29-6-10-12(25)17(3,18)16(30-10)24-8-22-11-13(19-4)20-7-21-14(11)24/h7-10,12,16,25,31H,5-6H2,1-4H3,(H,23,27)(H,19,20,21)/t9-,10-,12-,16-,17-/m1/s1. The number of aliphatic hydroxyl groups is 1. The van der Waals surface area contributed by atoms with E-state index in [1.165, 1.54) is 31.1 Å². The smallest absolute Gasteiger partial charge is 0.323 e. The molecule has 1 unspecified atom stereocenters. The fourth-order valence-electron chi connectivity index (χ4n) is 3.26. The number of aliphatic hydroxyl groups excluding tert-OH is 1. The summed E-state index contributed by atoms with van der Waals surface area (Å²) in [4.78, 5) is 24.0. The number of anilines is 1. The van der Waals surface area contributed by atoms with Gasteiger partial charge in [0.15, 0.2) is 23.4 Å². The van der Waals surface area contributed by atoms with Crippen molar-refractivity contribution in [1.29, 1.82) is 0 Å². The molecule has 0 aromatic carbocycles. The second-order valence-electron chi connectivity index (χ2n) is 7.14. The Kier molecular flexibility index (Phi) is 7.22. The van der Waals surface area contributed by atoms with Gasteiger partial charge in [-0.15, -0.1) is 0 Å². The summed E-state index contributed by atoms with van der Waals surface area (Å²) < 4.78 is 44.6. The molecule has 1 fully saturated rings. The molecular formula is C17H26FN6O6P. The van der Waals surface area contributed by atoms with Crippen molar-refractivity contribution in [2.45, 2.75) is 50.9 Å². The predicted octanol–water partition coefficient (Wildman–Crippen LogP) is 0.802. The van der Waals surface area contributed by atoms with Gasteiger partial charge in [0.1, 0.15) is 30.1 Å². The summed E-state index contributed by atoms with van der Waals surface area (Å²) in [6, 6.07) is -0.849. The number of nitrogens with zero attached hydrogens (tertiary/aromatic N) is 4. The lowest BCUT2D eigenvalue weighted by Crippen LogP contribution is -2.40. The fourth-order valence-corrected chi connectivity index (χ4v) is 4.13. The second kappa shape index (κ2) is 9.53. The zero-order valence-corrected chi connectivity index (χ0v) is 18.5. The molecule has 0 amide bonds. The van der Waals surface area contributed by atoms with Gasteiger partial charge in [-0.05, 0) is 20.8 Å². The Bertz CT molecular complexity index is 958. The van der Waals surface area contributed by atoms with Crippen molar-refractivity contribution >= 4 is 31.1 Å². The minimum atomic E-state index is -2.87. The SMILES string of the molecule is CCOC(=O)[C@@H](C)N[PH](=O)OC[C@H]1O[C@@H](n2cnc3c(NC)ncnc32)[C@](C)(F)[C@@H]1O. The van der Waals surface area contributed by atoms with Crippen molar-refractivity contribution in [1.82, 2.24) is 24.6 Å². The number of hydrogen-bond acceptors (Lipinski definition) is 10. The van der Waals surface area contributed by atoms with E-state index in [1.54, 1.807) is 14.0 Å². The Hall–Kier alpha value is -2.18. The normalized spacial score (nSPS) is 27.9. The van der Waals surface area contributed by atoms with Gasteiger partial charge in [-0.2, -0.15) is 0 Å². The van der Waals surface area contributed by atoms with Gasteiger partial charge in [0, 0.05) is 7.05 Å². The molecule has 2 aromatic heterocycles. The third-order valence-corrected chi connectivity index (χ3v) is 6.02. The van der Waals surface area contributed by atoms with Crippen molar-refractivity contribution in [3.63, 3.8) is 0 Å². The van der Waals surface area contributed by atoms with Crippen LogP contribution >= 0.6 is 8.18 Å². The summed E-state index contributed by atoms with van der Waals surface area (Å²) in [6.45, 7) is 4.15. The molecule has 172 valence electrons. The number of rotatable bonds is 9. The Morgan fingerprint density at radius 2 is 2.23 bits per heavy atom. The Morgan fingerprint density at radius 3 is 2.90 bits per heavy atom. The lowest BCUT2D eigenvalue weighted by Gasteiger charge is -2.24. The van der Waals surface area contributed by atoms with Crippen LogP contribution in [0.3, 0.4) is 0 Å². The van der Waals surface area contributed by atoms with E-state index in [4.69, 9.17) is 14.0 Å². The number of nitrogens with one attached hydrogen (secondary N) is 2. The highest BCUT2D eigenvalue weighted by atomic mass is 31.1. The van der Waals surface area contributed by atoms with Crippen LogP contribution in [0.2, 0.25) is 0 Å². The van der Waals surface area contributed by atoms with E-state index in [0.717, 1.165) is 0 Å². The maximum absolute atomic E-state index is 15.4. The van der Waals surface area contributed by atoms with Gasteiger partial charge in [0.25, 0.3) is 8.18 Å². The number of esters is 1. The van der Waals surface area contributed by atoms with Gasteiger partial charge < -0.3 is 24.4 Å². The van der Waals surface area contributed by atoms with E-state index in [1.807, 2.05) is 0 Å². The minimum Gasteiger partial charge on any atom is -0.465 e. The zero-order valence-electron chi connectivity index (χ0n) is 17.5. The molecule has 1 aliphatic rings. The third-order valence-electron chi connectivity index (χ3n) is 4.92. The molecule has 12 nitrogen and oxygen atoms in total. The van der Waals surface area contributed by atoms with E-state index in [-0.39, 0.29) is 13.2 Å². The molecule has 3 heterocycles. The molecule has 0 aliphatic carbocycles. The lowest BCUT2D eigenvalue weighted by atomic mass is 9.98. The highest BCUT2D eigenvalue weighted by molar-refractivity contribution is 7.36. The highest BCUT2D eigenvalue weighted by Crippen LogP contribution is 2.43. The molecule has 3 rings (SSSR count). The van der Waals surface area contributed by atoms with Crippen LogP contribution in [0.25, 0.3) is 11.2 Å². The topological polar surface area (TPSA) is 150 Å². The summed E-state index contributed by atoms with van der Waals surface area (Å²) in [7, 11) is -1.21. The van der Waals surface area contributed by atoms with Crippen LogP contribution in [0.15, 0.2) is 12.7 Å². The summed E-state index contributed by atoms with van der Waals surface area (Å²) >= 11 is 0. The van der Waals surface area contributed by atoms with Crippen LogP contribution in [-0.2, 0) is 23.4 Å². The summed E-state index contributed by atoms with van der Waals surface area (Å²) in [5.41, 5.74) is -1.48. The number of hydrogen-bond donors (Lipinski definition) is 3. The lowest BCUT2D eigenvalue weighted by molar-refractivity contribution is -0.144. The molecular weight excluding hydrogens is 434 g/mol. The number of alkyl halides is 1. The fraction of sp³-hybridized carbons (Fsp3) is 0.647. The number of aromatic nitrogens is 4. The highest BCUT2D eigenvalue weighted by Gasteiger charge is 2.55. The van der Waals surface area contributed by atoms with Crippen LogP contribution in [0.1, 0.15) is 27.0 Å². The van der Waals surface area contributed by atoms with E-state index < -0.39 is 44.3 Å². The Morgan fingerprint density at radius 1 is 1.48 bits per heavy atom. The molecule has 0 radical (unpaired) electrons. The first kappa shape index (κ1) is 23.5.